The minimum atomic E-state index is -0.210. The minimum absolute atomic E-state index is 0.210. The Morgan fingerprint density at radius 2 is 0.500 bits per heavy atom. The molecule has 14 aromatic rings. The van der Waals surface area contributed by atoms with E-state index in [1.807, 2.05) is 0 Å². The summed E-state index contributed by atoms with van der Waals surface area (Å²) in [5, 5.41) is 12.3. The summed E-state index contributed by atoms with van der Waals surface area (Å²) in [6, 6.07) is 103. The molecule has 0 radical (unpaired) electrons. The Morgan fingerprint density at radius 3 is 0.837 bits per heavy atom. The highest BCUT2D eigenvalue weighted by Crippen LogP contribution is 2.54. The van der Waals surface area contributed by atoms with Crippen LogP contribution in [-0.4, -0.2) is 0 Å². The van der Waals surface area contributed by atoms with E-state index in [9.17, 15) is 0 Å². The van der Waals surface area contributed by atoms with Gasteiger partial charge in [0.05, 0.1) is 22.7 Å². The van der Waals surface area contributed by atoms with Crippen LogP contribution in [0, 0.1) is 0 Å². The molecule has 0 saturated heterocycles. The van der Waals surface area contributed by atoms with E-state index in [1.54, 1.807) is 0 Å². The predicted octanol–water partition coefficient (Wildman–Crippen LogP) is 23.3. The maximum absolute atomic E-state index is 2.47. The summed E-state index contributed by atoms with van der Waals surface area (Å²) in [5.74, 6) is 0. The van der Waals surface area contributed by atoms with E-state index in [0.29, 0.717) is 0 Å². The van der Waals surface area contributed by atoms with Gasteiger partial charge in [0.2, 0.25) is 0 Å². The number of fused-ring (bicyclic) bond motifs is 11. The van der Waals surface area contributed by atoms with Crippen molar-refractivity contribution >= 4 is 112 Å². The van der Waals surface area contributed by atoms with Crippen molar-refractivity contribution in [1.29, 1.82) is 0 Å². The third-order valence-electron chi connectivity index (χ3n) is 18.7. The number of hydrogen-bond donors (Lipinski definition) is 0. The number of hydrogen-bond acceptors (Lipinski definition) is 2. The molecule has 0 N–H and O–H groups in total. The maximum atomic E-state index is 2.47. The van der Waals surface area contributed by atoms with Crippen molar-refractivity contribution in [2.75, 3.05) is 9.80 Å². The van der Waals surface area contributed by atoms with E-state index >= 15 is 0 Å². The van der Waals surface area contributed by atoms with Crippen LogP contribution in [0.2, 0.25) is 0 Å². The van der Waals surface area contributed by atoms with Crippen molar-refractivity contribution in [3.8, 4) is 22.3 Å². The largest absolute Gasteiger partial charge is 0.309 e. The molecule has 14 aromatic carbocycles. The van der Waals surface area contributed by atoms with E-state index < -0.39 is 0 Å². The van der Waals surface area contributed by atoms with Crippen LogP contribution in [0.5, 0.6) is 0 Å². The summed E-state index contributed by atoms with van der Waals surface area (Å²) < 4.78 is 0. The quantitative estimate of drug-likeness (QED) is 0.126. The summed E-state index contributed by atoms with van der Waals surface area (Å²) in [6.45, 7) is 9.55. The van der Waals surface area contributed by atoms with Crippen LogP contribution in [0.25, 0.3) is 100 Å². The fourth-order valence-electron chi connectivity index (χ4n) is 14.3. The van der Waals surface area contributed by atoms with Gasteiger partial charge in [0.15, 0.2) is 0 Å². The van der Waals surface area contributed by atoms with Gasteiger partial charge in [-0.1, -0.05) is 270 Å². The fraction of sp³-hybridized carbons (Fsp3) is 0.0714. The first kappa shape index (κ1) is 51.1. The molecule has 0 aliphatic heterocycles. The molecule has 0 amide bonds. The van der Waals surface area contributed by atoms with Crippen LogP contribution in [0.15, 0.2) is 279 Å². The molecule has 0 bridgehead atoms. The summed E-state index contributed by atoms with van der Waals surface area (Å²) in [5.41, 5.74) is 21.9. The molecule has 0 heterocycles. The summed E-state index contributed by atoms with van der Waals surface area (Å²) in [6.07, 6.45) is 9.06. The normalized spacial score (nSPS) is 13.7. The van der Waals surface area contributed by atoms with Crippen LogP contribution >= 0.6 is 0 Å². The number of rotatable bonds is 10. The first-order valence-corrected chi connectivity index (χ1v) is 30.1. The monoisotopic (exact) mass is 1100 g/mol. The van der Waals surface area contributed by atoms with Crippen molar-refractivity contribution in [1.82, 2.24) is 0 Å². The van der Waals surface area contributed by atoms with Crippen LogP contribution < -0.4 is 9.80 Å². The van der Waals surface area contributed by atoms with Crippen molar-refractivity contribution in [2.24, 2.45) is 0 Å². The molecule has 0 fully saturated rings. The van der Waals surface area contributed by atoms with Gasteiger partial charge in [-0.3, -0.25) is 0 Å². The van der Waals surface area contributed by atoms with Gasteiger partial charge in [0.1, 0.15) is 0 Å². The van der Waals surface area contributed by atoms with Gasteiger partial charge in [0, 0.05) is 43.7 Å². The molecular weight excluding hydrogens is 1040 g/mol. The molecule has 16 rings (SSSR count). The Morgan fingerprint density at radius 1 is 0.233 bits per heavy atom. The third kappa shape index (κ3) is 8.46. The van der Waals surface area contributed by atoms with Gasteiger partial charge < -0.3 is 9.80 Å². The first-order valence-electron chi connectivity index (χ1n) is 30.1. The lowest BCUT2D eigenvalue weighted by Gasteiger charge is -2.30. The average molecular weight is 1100 g/mol. The zero-order valence-electron chi connectivity index (χ0n) is 48.8. The fourth-order valence-corrected chi connectivity index (χ4v) is 14.3. The smallest absolute Gasteiger partial charge is 0.0540 e. The van der Waals surface area contributed by atoms with E-state index in [0.717, 1.165) is 11.4 Å². The van der Waals surface area contributed by atoms with E-state index in [4.69, 9.17) is 0 Å². The van der Waals surface area contributed by atoms with Gasteiger partial charge in [0.25, 0.3) is 0 Å². The first-order chi connectivity index (χ1) is 42.1. The number of nitrogens with zero attached hydrogens (tertiary/aromatic N) is 2. The molecule has 2 aliphatic rings. The topological polar surface area (TPSA) is 6.48 Å². The summed E-state index contributed by atoms with van der Waals surface area (Å²) in [7, 11) is 0. The molecule has 0 spiro atoms. The minimum Gasteiger partial charge on any atom is -0.309 e. The van der Waals surface area contributed by atoms with Crippen LogP contribution in [0.1, 0.15) is 72.2 Å². The standard InChI is InChI=1S/C84H62N2/c1-83(2)75-51-57(39-45-71(75)73-47-43-65(53-77(73)83)85(79-29-13-21-59-17-5-9-25-67(59)79)80-30-14-22-60-18-6-10-26-68(60)80)35-33-55-37-41-64-50-56(38-42-63(64)49-55)34-36-58-40-46-72-74-48-44-66(54-78(74)84(3,4)76(72)52-58)86(81-31-15-23-61-19-7-11-27-69(61)81)82-32-16-24-62-20-8-12-28-70(62)82/h5-54H,1-4H3. The molecule has 2 heteroatoms. The van der Waals surface area contributed by atoms with Crippen molar-refractivity contribution < 1.29 is 0 Å². The highest BCUT2D eigenvalue weighted by atomic mass is 15.2. The van der Waals surface area contributed by atoms with Gasteiger partial charge in [-0.15, -0.1) is 0 Å². The van der Waals surface area contributed by atoms with Gasteiger partial charge in [-0.2, -0.15) is 0 Å². The molecule has 0 aromatic heterocycles. The van der Waals surface area contributed by atoms with Gasteiger partial charge >= 0.3 is 0 Å². The Labute approximate surface area is 503 Å². The zero-order chi connectivity index (χ0) is 57.7. The second-order valence-electron chi connectivity index (χ2n) is 24.5. The van der Waals surface area contributed by atoms with Crippen molar-refractivity contribution in [2.45, 2.75) is 38.5 Å². The summed E-state index contributed by atoms with van der Waals surface area (Å²) >= 11 is 0. The second kappa shape index (κ2) is 20.1. The molecule has 86 heavy (non-hydrogen) atoms. The van der Waals surface area contributed by atoms with Gasteiger partial charge in [-0.25, -0.2) is 0 Å². The molecule has 0 atom stereocenters. The Hall–Kier alpha value is -10.5. The molecule has 0 unspecified atom stereocenters. The second-order valence-corrected chi connectivity index (χ2v) is 24.5. The SMILES string of the molecule is CC1(C)c2cc(C=Cc3ccc4cc(C=Cc5ccc6c(c5)C(C)(C)c5cc(N(c7cccc8ccccc78)c7cccc8ccccc78)ccc5-6)ccc4c3)ccc2-c2ccc(N(c3cccc4ccccc34)c3cccc4ccccc34)cc21. The van der Waals surface area contributed by atoms with E-state index in [1.165, 1.54) is 143 Å². The summed E-state index contributed by atoms with van der Waals surface area (Å²) in [4.78, 5) is 4.94. The predicted molar refractivity (Wildman–Crippen MR) is 369 cm³/mol. The van der Waals surface area contributed by atoms with E-state index in [-0.39, 0.29) is 10.8 Å². The van der Waals surface area contributed by atoms with Crippen LogP contribution in [-0.2, 0) is 10.8 Å². The Balaban J connectivity index is 0.649. The Bertz CT molecular complexity index is 4650. The molecule has 408 valence electrons. The lowest BCUT2D eigenvalue weighted by Crippen LogP contribution is -2.17. The zero-order valence-corrected chi connectivity index (χ0v) is 48.8. The number of anilines is 6. The molecule has 2 nitrogen and oxygen atoms in total. The van der Waals surface area contributed by atoms with Crippen LogP contribution in [0.3, 0.4) is 0 Å². The molecular formula is C84H62N2. The molecule has 0 saturated carbocycles. The van der Waals surface area contributed by atoms with Crippen LogP contribution in [0.4, 0.5) is 34.1 Å². The number of benzene rings is 14. The molecule has 2 aliphatic carbocycles. The lowest BCUT2D eigenvalue weighted by molar-refractivity contribution is 0.660. The highest BCUT2D eigenvalue weighted by Gasteiger charge is 2.38. The third-order valence-corrected chi connectivity index (χ3v) is 18.7. The maximum Gasteiger partial charge on any atom is 0.0540 e. The average Bonchev–Trinajstić information content (AvgIpc) is 1.70. The van der Waals surface area contributed by atoms with Crippen molar-refractivity contribution in [3.63, 3.8) is 0 Å². The Kier molecular flexibility index (Phi) is 11.9. The van der Waals surface area contributed by atoms with Crippen molar-refractivity contribution in [3.05, 3.63) is 324 Å². The van der Waals surface area contributed by atoms with Gasteiger partial charge in [-0.05, 0) is 160 Å². The highest BCUT2D eigenvalue weighted by molar-refractivity contribution is 6.07. The lowest BCUT2D eigenvalue weighted by atomic mass is 9.81. The van der Waals surface area contributed by atoms with E-state index in [2.05, 4.69) is 341 Å².